The summed E-state index contributed by atoms with van der Waals surface area (Å²) in [5.74, 6) is -2.73. The topological polar surface area (TPSA) is 93.0 Å². The lowest BCUT2D eigenvalue weighted by atomic mass is 9.97. The van der Waals surface area contributed by atoms with Gasteiger partial charge in [0.25, 0.3) is 5.91 Å². The highest BCUT2D eigenvalue weighted by Gasteiger charge is 2.36. The number of urea groups is 1. The van der Waals surface area contributed by atoms with Crippen LogP contribution < -0.4 is 16.0 Å². The Hall–Kier alpha value is -4.39. The van der Waals surface area contributed by atoms with E-state index >= 15 is 0 Å². The molecule has 2 aromatic carbocycles. The standard InChI is InChI=1S/C26H18ClF5N6O2/c27-19-4-1-14(28)8-18(19)22-21-20(34-24(39)12-5-13(26(30,31)32)7-15(29)6-12)11-37(23(21)36-25(40)35-22)17-9-33-38(10-17)16-2-3-16/h1,4-11,16,22H,2-3H2,(H,34,39)(H2,35,36,40). The molecule has 1 aliphatic carbocycles. The van der Waals surface area contributed by atoms with E-state index < -0.39 is 46.9 Å². The molecule has 40 heavy (non-hydrogen) atoms. The summed E-state index contributed by atoms with van der Waals surface area (Å²) in [6.07, 6.45) is 1.76. The molecule has 1 aliphatic heterocycles. The molecule has 1 atom stereocenters. The normalized spacial score (nSPS) is 16.8. The molecule has 0 saturated heterocycles. The van der Waals surface area contributed by atoms with Crippen molar-refractivity contribution < 1.29 is 31.5 Å². The number of carbonyl (C=O) groups excluding carboxylic acids is 2. The fourth-order valence-corrected chi connectivity index (χ4v) is 4.86. The highest BCUT2D eigenvalue weighted by Crippen LogP contribution is 2.43. The minimum Gasteiger partial charge on any atom is -0.327 e. The quantitative estimate of drug-likeness (QED) is 0.239. The number of rotatable bonds is 5. The predicted octanol–water partition coefficient (Wildman–Crippen LogP) is 6.44. The van der Waals surface area contributed by atoms with Crippen LogP contribution in [0.3, 0.4) is 0 Å². The molecule has 2 aliphatic rings. The van der Waals surface area contributed by atoms with E-state index in [1.165, 1.54) is 16.8 Å². The number of aromatic nitrogens is 3. The first-order valence-electron chi connectivity index (χ1n) is 12.0. The molecule has 206 valence electrons. The van der Waals surface area contributed by atoms with Crippen molar-refractivity contribution in [1.82, 2.24) is 19.7 Å². The van der Waals surface area contributed by atoms with Crippen LogP contribution in [0.25, 0.3) is 5.69 Å². The number of amides is 3. The predicted molar refractivity (Wildman–Crippen MR) is 135 cm³/mol. The molecule has 0 bridgehead atoms. The molecule has 0 spiro atoms. The van der Waals surface area contributed by atoms with Crippen LogP contribution in [0.4, 0.5) is 38.3 Å². The van der Waals surface area contributed by atoms with Crippen molar-refractivity contribution in [1.29, 1.82) is 0 Å². The Morgan fingerprint density at radius 3 is 2.58 bits per heavy atom. The van der Waals surface area contributed by atoms with Gasteiger partial charge in [0.15, 0.2) is 0 Å². The second kappa shape index (κ2) is 9.37. The first-order valence-corrected chi connectivity index (χ1v) is 12.4. The zero-order chi connectivity index (χ0) is 28.3. The number of alkyl halides is 3. The fourth-order valence-electron chi connectivity index (χ4n) is 4.63. The lowest BCUT2D eigenvalue weighted by molar-refractivity contribution is -0.137. The van der Waals surface area contributed by atoms with Crippen LogP contribution in [0.15, 0.2) is 55.0 Å². The summed E-state index contributed by atoms with van der Waals surface area (Å²) in [6.45, 7) is 0. The molecule has 1 unspecified atom stereocenters. The van der Waals surface area contributed by atoms with Gasteiger partial charge in [-0.05, 0) is 49.2 Å². The van der Waals surface area contributed by atoms with Crippen LogP contribution in [0.1, 0.15) is 52.0 Å². The van der Waals surface area contributed by atoms with E-state index in [0.717, 1.165) is 25.0 Å². The maximum absolute atomic E-state index is 14.2. The van der Waals surface area contributed by atoms with Crippen LogP contribution in [0.5, 0.6) is 0 Å². The van der Waals surface area contributed by atoms with E-state index in [0.29, 0.717) is 17.8 Å². The largest absolute Gasteiger partial charge is 0.416 e. The Morgan fingerprint density at radius 2 is 1.85 bits per heavy atom. The lowest BCUT2D eigenvalue weighted by Crippen LogP contribution is -2.39. The van der Waals surface area contributed by atoms with Crippen LogP contribution in [0, 0.1) is 11.6 Å². The Morgan fingerprint density at radius 1 is 1.07 bits per heavy atom. The van der Waals surface area contributed by atoms with Gasteiger partial charge in [0.2, 0.25) is 0 Å². The number of halogens is 6. The van der Waals surface area contributed by atoms with Gasteiger partial charge in [-0.1, -0.05) is 11.6 Å². The van der Waals surface area contributed by atoms with E-state index in [2.05, 4.69) is 21.0 Å². The number of hydrogen-bond acceptors (Lipinski definition) is 3. The molecule has 2 aromatic heterocycles. The molecule has 3 heterocycles. The molecule has 4 aromatic rings. The molecule has 3 N–H and O–H groups in total. The number of benzene rings is 2. The van der Waals surface area contributed by atoms with Crippen LogP contribution >= 0.6 is 11.6 Å². The smallest absolute Gasteiger partial charge is 0.327 e. The number of hydrogen-bond donors (Lipinski definition) is 3. The van der Waals surface area contributed by atoms with Crippen molar-refractivity contribution in [2.24, 2.45) is 0 Å². The number of carbonyl (C=O) groups is 2. The highest BCUT2D eigenvalue weighted by molar-refractivity contribution is 6.31. The van der Waals surface area contributed by atoms with Crippen molar-refractivity contribution >= 4 is 35.0 Å². The molecule has 6 rings (SSSR count). The van der Waals surface area contributed by atoms with Gasteiger partial charge in [0.1, 0.15) is 17.5 Å². The minimum atomic E-state index is -4.88. The van der Waals surface area contributed by atoms with E-state index in [1.54, 1.807) is 17.1 Å². The maximum Gasteiger partial charge on any atom is 0.416 e. The van der Waals surface area contributed by atoms with Crippen LogP contribution in [0.2, 0.25) is 5.02 Å². The lowest BCUT2D eigenvalue weighted by Gasteiger charge is -2.28. The van der Waals surface area contributed by atoms with Gasteiger partial charge in [-0.2, -0.15) is 18.3 Å². The summed E-state index contributed by atoms with van der Waals surface area (Å²) in [5.41, 5.74) is -0.932. The number of anilines is 2. The monoisotopic (exact) mass is 576 g/mol. The number of nitrogens with zero attached hydrogens (tertiary/aromatic N) is 3. The Labute approximate surface area is 227 Å². The van der Waals surface area contributed by atoms with E-state index in [4.69, 9.17) is 11.6 Å². The van der Waals surface area contributed by atoms with Crippen molar-refractivity contribution in [2.75, 3.05) is 10.6 Å². The molecule has 14 heteroatoms. The Bertz CT molecular complexity index is 1680. The molecule has 0 radical (unpaired) electrons. The number of fused-ring (bicyclic) bond motifs is 1. The molecule has 1 saturated carbocycles. The second-order valence-electron chi connectivity index (χ2n) is 9.46. The summed E-state index contributed by atoms with van der Waals surface area (Å²) < 4.78 is 71.3. The minimum absolute atomic E-state index is 0.0508. The summed E-state index contributed by atoms with van der Waals surface area (Å²) in [7, 11) is 0. The van der Waals surface area contributed by atoms with Gasteiger partial charge in [-0.25, -0.2) is 13.6 Å². The fraction of sp³-hybridized carbons (Fsp3) is 0.192. The van der Waals surface area contributed by atoms with Gasteiger partial charge >= 0.3 is 12.2 Å². The summed E-state index contributed by atoms with van der Waals surface area (Å²) in [6, 6.07) is 3.58. The third-order valence-corrected chi connectivity index (χ3v) is 6.98. The van der Waals surface area contributed by atoms with E-state index in [9.17, 15) is 31.5 Å². The van der Waals surface area contributed by atoms with Gasteiger partial charge in [-0.15, -0.1) is 0 Å². The average molecular weight is 577 g/mol. The average Bonchev–Trinajstić information content (AvgIpc) is 3.52. The second-order valence-corrected chi connectivity index (χ2v) is 9.87. The van der Waals surface area contributed by atoms with Crippen LogP contribution in [-0.2, 0) is 6.18 Å². The molecular formula is C26H18ClF5N6O2. The van der Waals surface area contributed by atoms with Gasteiger partial charge < -0.3 is 10.6 Å². The van der Waals surface area contributed by atoms with E-state index in [-0.39, 0.29) is 39.8 Å². The molecular weight excluding hydrogens is 559 g/mol. The van der Waals surface area contributed by atoms with Gasteiger partial charge in [-0.3, -0.25) is 19.4 Å². The SMILES string of the molecule is O=C1Nc2c(c(NC(=O)c3cc(F)cc(C(F)(F)F)c3)cn2-c2cnn(C3CC3)c2)C(c2cc(F)ccc2Cl)N1. The van der Waals surface area contributed by atoms with Crippen molar-refractivity contribution in [2.45, 2.75) is 31.1 Å². The number of nitrogens with one attached hydrogen (secondary N) is 3. The summed E-state index contributed by atoms with van der Waals surface area (Å²) >= 11 is 6.35. The molecule has 1 fully saturated rings. The third-order valence-electron chi connectivity index (χ3n) is 6.63. The maximum atomic E-state index is 14.2. The molecule has 3 amide bonds. The van der Waals surface area contributed by atoms with E-state index in [1.807, 2.05) is 0 Å². The summed E-state index contributed by atoms with van der Waals surface area (Å²) in [5, 5.41) is 12.3. The first kappa shape index (κ1) is 25.9. The third kappa shape index (κ3) is 4.76. The van der Waals surface area contributed by atoms with Gasteiger partial charge in [0.05, 0.1) is 35.2 Å². The molecule has 8 nitrogen and oxygen atoms in total. The Balaban J connectivity index is 1.48. The van der Waals surface area contributed by atoms with Crippen molar-refractivity contribution in [3.05, 3.63) is 93.9 Å². The van der Waals surface area contributed by atoms with Gasteiger partial charge in [0, 0.05) is 34.1 Å². The first-order chi connectivity index (χ1) is 19.0. The van der Waals surface area contributed by atoms with Crippen LogP contribution in [-0.4, -0.2) is 26.3 Å². The van der Waals surface area contributed by atoms with Crippen molar-refractivity contribution in [3.63, 3.8) is 0 Å². The summed E-state index contributed by atoms with van der Waals surface area (Å²) in [4.78, 5) is 25.8. The highest BCUT2D eigenvalue weighted by atomic mass is 35.5. The Kier molecular flexibility index (Phi) is 6.06. The van der Waals surface area contributed by atoms with Crippen molar-refractivity contribution in [3.8, 4) is 5.69 Å². The zero-order valence-electron chi connectivity index (χ0n) is 20.2. The zero-order valence-corrected chi connectivity index (χ0v) is 20.9.